The van der Waals surface area contributed by atoms with Gasteiger partial charge in [-0.05, 0) is 36.2 Å². The van der Waals surface area contributed by atoms with E-state index in [1.54, 1.807) is 0 Å². The van der Waals surface area contributed by atoms with Crippen molar-refractivity contribution in [1.82, 2.24) is 10.3 Å². The smallest absolute Gasteiger partial charge is 0.407 e. The Morgan fingerprint density at radius 2 is 2.00 bits per heavy atom. The van der Waals surface area contributed by atoms with E-state index in [1.807, 2.05) is 36.4 Å². The second-order valence-corrected chi connectivity index (χ2v) is 6.31. The van der Waals surface area contributed by atoms with Crippen LogP contribution < -0.4 is 5.32 Å². The van der Waals surface area contributed by atoms with Gasteiger partial charge in [-0.25, -0.2) is 4.79 Å². The molecule has 5 heteroatoms. The minimum absolute atomic E-state index is 0.269. The molecule has 0 saturated carbocycles. The lowest BCUT2D eigenvalue weighted by molar-refractivity contribution is 0.139. The number of nitrogens with one attached hydrogen (secondary N) is 2. The normalized spacial score (nSPS) is 10.7. The first-order chi connectivity index (χ1) is 11.1. The molecule has 1 amide bonds. The number of hydrogen-bond donors (Lipinski definition) is 2. The summed E-state index contributed by atoms with van der Waals surface area (Å²) in [7, 11) is 0. The average molecular weight is 373 g/mol. The fraction of sp³-hybridized carbons (Fsp3) is 0.167. The summed E-state index contributed by atoms with van der Waals surface area (Å²) in [6.07, 6.45) is -0.426. The number of fused-ring (bicyclic) bond motifs is 1. The van der Waals surface area contributed by atoms with Gasteiger partial charge in [0.05, 0.1) is 6.54 Å². The van der Waals surface area contributed by atoms with Crippen LogP contribution in [0.2, 0.25) is 0 Å². The fourth-order valence-electron chi connectivity index (χ4n) is 2.47. The molecule has 0 bridgehead atoms. The fourth-order valence-corrected chi connectivity index (χ4v) is 3.06. The Labute approximate surface area is 143 Å². The van der Waals surface area contributed by atoms with E-state index < -0.39 is 6.09 Å². The average Bonchev–Trinajstić information content (AvgIpc) is 2.95. The number of carbonyl (C=O) groups excluding carboxylic acids is 1. The molecule has 2 N–H and O–H groups in total. The van der Waals surface area contributed by atoms with Crippen molar-refractivity contribution in [3.05, 3.63) is 69.8 Å². The number of carbonyl (C=O) groups is 1. The van der Waals surface area contributed by atoms with E-state index in [9.17, 15) is 4.79 Å². The van der Waals surface area contributed by atoms with Gasteiger partial charge in [0, 0.05) is 21.1 Å². The van der Waals surface area contributed by atoms with Crippen LogP contribution in [0.4, 0.5) is 4.79 Å². The van der Waals surface area contributed by atoms with Crippen LogP contribution in [0.5, 0.6) is 0 Å². The third-order valence-electron chi connectivity index (χ3n) is 3.58. The van der Waals surface area contributed by atoms with Crippen LogP contribution in [0.25, 0.3) is 10.9 Å². The van der Waals surface area contributed by atoms with Gasteiger partial charge in [-0.1, -0.05) is 46.3 Å². The molecule has 0 aliphatic rings. The number of ether oxygens (including phenoxy) is 1. The molecule has 0 fully saturated rings. The Morgan fingerprint density at radius 3 is 2.78 bits per heavy atom. The molecule has 4 nitrogen and oxygen atoms in total. The summed E-state index contributed by atoms with van der Waals surface area (Å²) in [5, 5.41) is 3.88. The number of aromatic amines is 1. The Hall–Kier alpha value is -2.27. The maximum absolute atomic E-state index is 11.8. The first-order valence-corrected chi connectivity index (χ1v) is 8.13. The minimum Gasteiger partial charge on any atom is -0.445 e. The summed E-state index contributed by atoms with van der Waals surface area (Å²) < 4.78 is 6.24. The van der Waals surface area contributed by atoms with Crippen LogP contribution in [-0.2, 0) is 17.9 Å². The largest absolute Gasteiger partial charge is 0.445 e. The van der Waals surface area contributed by atoms with E-state index in [0.717, 1.165) is 32.2 Å². The molecule has 3 rings (SSSR count). The van der Waals surface area contributed by atoms with Crippen molar-refractivity contribution in [2.45, 2.75) is 20.1 Å². The summed E-state index contributed by atoms with van der Waals surface area (Å²) >= 11 is 3.49. The Morgan fingerprint density at radius 1 is 1.22 bits per heavy atom. The van der Waals surface area contributed by atoms with Crippen LogP contribution >= 0.6 is 15.9 Å². The molecule has 2 aromatic carbocycles. The van der Waals surface area contributed by atoms with Gasteiger partial charge in [-0.2, -0.15) is 0 Å². The van der Waals surface area contributed by atoms with Crippen molar-refractivity contribution in [2.24, 2.45) is 0 Å². The molecular weight excluding hydrogens is 356 g/mol. The first kappa shape index (κ1) is 15.6. The van der Waals surface area contributed by atoms with Crippen molar-refractivity contribution in [3.8, 4) is 0 Å². The van der Waals surface area contributed by atoms with E-state index in [2.05, 4.69) is 45.3 Å². The molecule has 3 aromatic rings. The number of benzene rings is 2. The third-order valence-corrected chi connectivity index (χ3v) is 4.04. The molecule has 23 heavy (non-hydrogen) atoms. The summed E-state index contributed by atoms with van der Waals surface area (Å²) in [6.45, 7) is 2.72. The maximum atomic E-state index is 11.8. The van der Waals surface area contributed by atoms with Crippen molar-refractivity contribution < 1.29 is 9.53 Å². The van der Waals surface area contributed by atoms with Gasteiger partial charge in [0.25, 0.3) is 0 Å². The van der Waals surface area contributed by atoms with Crippen LogP contribution in [-0.4, -0.2) is 11.1 Å². The zero-order chi connectivity index (χ0) is 16.2. The number of aryl methyl sites for hydroxylation is 1. The molecular formula is C18H17BrN2O2. The maximum Gasteiger partial charge on any atom is 0.407 e. The van der Waals surface area contributed by atoms with Crippen molar-refractivity contribution in [1.29, 1.82) is 0 Å². The van der Waals surface area contributed by atoms with Gasteiger partial charge in [-0.15, -0.1) is 0 Å². The lowest BCUT2D eigenvalue weighted by atomic mass is 10.2. The molecule has 1 heterocycles. The number of rotatable bonds is 4. The van der Waals surface area contributed by atoms with Crippen molar-refractivity contribution in [3.63, 3.8) is 0 Å². The molecule has 118 valence electrons. The highest BCUT2D eigenvalue weighted by atomic mass is 79.9. The van der Waals surface area contributed by atoms with Gasteiger partial charge in [0.1, 0.15) is 6.61 Å². The predicted molar refractivity (Wildman–Crippen MR) is 94.2 cm³/mol. The minimum atomic E-state index is -0.426. The highest BCUT2D eigenvalue weighted by molar-refractivity contribution is 9.10. The number of alkyl carbamates (subject to hydrolysis) is 1. The van der Waals surface area contributed by atoms with Gasteiger partial charge < -0.3 is 15.0 Å². The van der Waals surface area contributed by atoms with Crippen molar-refractivity contribution >= 4 is 32.9 Å². The summed E-state index contributed by atoms with van der Waals surface area (Å²) in [5.74, 6) is 0. The van der Waals surface area contributed by atoms with E-state index in [0.29, 0.717) is 6.54 Å². The van der Waals surface area contributed by atoms with Crippen molar-refractivity contribution in [2.75, 3.05) is 0 Å². The van der Waals surface area contributed by atoms with Gasteiger partial charge in [0.2, 0.25) is 0 Å². The third kappa shape index (κ3) is 3.93. The second kappa shape index (κ2) is 6.87. The summed E-state index contributed by atoms with van der Waals surface area (Å²) in [4.78, 5) is 15.1. The molecule has 0 spiro atoms. The number of H-pyrrole nitrogens is 1. The van der Waals surface area contributed by atoms with E-state index in [1.165, 1.54) is 0 Å². The predicted octanol–water partition coefficient (Wildman–Crippen LogP) is 4.67. The molecule has 0 radical (unpaired) electrons. The van der Waals surface area contributed by atoms with Crippen LogP contribution in [0.15, 0.2) is 53.0 Å². The molecule has 1 aromatic heterocycles. The van der Waals surface area contributed by atoms with E-state index in [-0.39, 0.29) is 6.61 Å². The summed E-state index contributed by atoms with van der Waals surface area (Å²) in [6, 6.07) is 15.8. The lowest BCUT2D eigenvalue weighted by Crippen LogP contribution is -2.23. The summed E-state index contributed by atoms with van der Waals surface area (Å²) in [5.41, 5.74) is 4.15. The molecule has 0 atom stereocenters. The number of halogens is 1. The number of aromatic nitrogens is 1. The van der Waals surface area contributed by atoms with Crippen LogP contribution in [0, 0.1) is 6.92 Å². The molecule has 0 aliphatic carbocycles. The topological polar surface area (TPSA) is 54.1 Å². The molecule has 0 unspecified atom stereocenters. The zero-order valence-electron chi connectivity index (χ0n) is 12.7. The highest BCUT2D eigenvalue weighted by Gasteiger charge is 2.07. The monoisotopic (exact) mass is 372 g/mol. The number of amides is 1. The SMILES string of the molecule is Cc1cc(Br)cc2cc(CNC(=O)OCc3ccccc3)[nH]c12. The zero-order valence-corrected chi connectivity index (χ0v) is 14.3. The van der Waals surface area contributed by atoms with Gasteiger partial charge in [0.15, 0.2) is 0 Å². The van der Waals surface area contributed by atoms with Crippen LogP contribution in [0.1, 0.15) is 16.8 Å². The Kier molecular flexibility index (Phi) is 4.67. The van der Waals surface area contributed by atoms with Crippen LogP contribution in [0.3, 0.4) is 0 Å². The van der Waals surface area contributed by atoms with Gasteiger partial charge in [-0.3, -0.25) is 0 Å². The standard InChI is InChI=1S/C18H17BrN2O2/c1-12-7-15(19)8-14-9-16(21-17(12)14)10-20-18(22)23-11-13-5-3-2-4-6-13/h2-9,21H,10-11H2,1H3,(H,20,22). The van der Waals surface area contributed by atoms with Gasteiger partial charge >= 0.3 is 6.09 Å². The molecule has 0 aliphatic heterocycles. The Bertz CT molecular complexity index is 828. The first-order valence-electron chi connectivity index (χ1n) is 7.34. The second-order valence-electron chi connectivity index (χ2n) is 5.40. The Balaban J connectivity index is 1.57. The number of hydrogen-bond acceptors (Lipinski definition) is 2. The quantitative estimate of drug-likeness (QED) is 0.699. The van der Waals surface area contributed by atoms with E-state index in [4.69, 9.17) is 4.74 Å². The van der Waals surface area contributed by atoms with E-state index >= 15 is 0 Å². The molecule has 0 saturated heterocycles. The lowest BCUT2D eigenvalue weighted by Gasteiger charge is -2.06. The highest BCUT2D eigenvalue weighted by Crippen LogP contribution is 2.24.